The van der Waals surface area contributed by atoms with Crippen LogP contribution in [0.4, 0.5) is 0 Å². The SMILES string of the molecule is CCC(C)Cn1c(Cc2cccs2)nc2cc(C(=O)NC(CC3CCCCC3)C(=O)O)ccc21. The topological polar surface area (TPSA) is 84.2 Å². The van der Waals surface area contributed by atoms with E-state index in [4.69, 9.17) is 4.98 Å². The highest BCUT2D eigenvalue weighted by molar-refractivity contribution is 7.09. The summed E-state index contributed by atoms with van der Waals surface area (Å²) in [4.78, 5) is 31.0. The van der Waals surface area contributed by atoms with E-state index >= 15 is 0 Å². The molecule has 7 heteroatoms. The number of imidazole rings is 1. The van der Waals surface area contributed by atoms with Crippen molar-refractivity contribution in [3.05, 3.63) is 52.0 Å². The van der Waals surface area contributed by atoms with Gasteiger partial charge in [0.15, 0.2) is 0 Å². The van der Waals surface area contributed by atoms with Gasteiger partial charge in [-0.15, -0.1) is 11.3 Å². The maximum atomic E-state index is 13.0. The van der Waals surface area contributed by atoms with E-state index in [2.05, 4.69) is 41.2 Å². The van der Waals surface area contributed by atoms with Crippen molar-refractivity contribution in [3.8, 4) is 0 Å². The van der Waals surface area contributed by atoms with Crippen molar-refractivity contribution in [3.63, 3.8) is 0 Å². The molecule has 1 aromatic carbocycles. The van der Waals surface area contributed by atoms with Crippen LogP contribution in [0.5, 0.6) is 0 Å². The fourth-order valence-corrected chi connectivity index (χ4v) is 5.59. The van der Waals surface area contributed by atoms with Gasteiger partial charge in [-0.1, -0.05) is 58.4 Å². The van der Waals surface area contributed by atoms with Crippen LogP contribution in [0.3, 0.4) is 0 Å². The molecule has 0 saturated heterocycles. The van der Waals surface area contributed by atoms with Gasteiger partial charge < -0.3 is 15.0 Å². The molecule has 3 aromatic rings. The average molecular weight is 482 g/mol. The Bertz CT molecular complexity index is 1120. The number of benzene rings is 1. The molecule has 1 fully saturated rings. The number of nitrogens with zero attached hydrogens (tertiary/aromatic N) is 2. The summed E-state index contributed by atoms with van der Waals surface area (Å²) < 4.78 is 2.27. The van der Waals surface area contributed by atoms with Crippen molar-refractivity contribution in [1.82, 2.24) is 14.9 Å². The molecule has 2 atom stereocenters. The fraction of sp³-hybridized carbons (Fsp3) is 0.519. The summed E-state index contributed by atoms with van der Waals surface area (Å²) >= 11 is 1.72. The molecule has 2 heterocycles. The lowest BCUT2D eigenvalue weighted by Gasteiger charge is -2.25. The minimum atomic E-state index is -0.962. The number of hydrogen-bond donors (Lipinski definition) is 2. The molecule has 4 rings (SSSR count). The number of rotatable bonds is 10. The Morgan fingerprint density at radius 1 is 1.24 bits per heavy atom. The Morgan fingerprint density at radius 2 is 2.03 bits per heavy atom. The first-order valence-corrected chi connectivity index (χ1v) is 13.4. The number of aliphatic carboxylic acids is 1. The van der Waals surface area contributed by atoms with Crippen LogP contribution in [0.25, 0.3) is 11.0 Å². The zero-order chi connectivity index (χ0) is 24.1. The summed E-state index contributed by atoms with van der Waals surface area (Å²) in [6.07, 6.45) is 7.95. The van der Waals surface area contributed by atoms with Crippen LogP contribution in [-0.2, 0) is 17.8 Å². The van der Waals surface area contributed by atoms with Gasteiger partial charge in [-0.05, 0) is 47.9 Å². The predicted octanol–water partition coefficient (Wildman–Crippen LogP) is 5.89. The summed E-state index contributed by atoms with van der Waals surface area (Å²) in [5.74, 6) is 0.570. The van der Waals surface area contributed by atoms with E-state index in [0.717, 1.165) is 61.9 Å². The minimum Gasteiger partial charge on any atom is -0.480 e. The molecule has 0 spiro atoms. The van der Waals surface area contributed by atoms with Crippen molar-refractivity contribution in [2.24, 2.45) is 11.8 Å². The van der Waals surface area contributed by atoms with Gasteiger partial charge >= 0.3 is 5.97 Å². The van der Waals surface area contributed by atoms with Crippen molar-refractivity contribution < 1.29 is 14.7 Å². The van der Waals surface area contributed by atoms with Gasteiger partial charge in [0.2, 0.25) is 0 Å². The number of nitrogens with one attached hydrogen (secondary N) is 1. The largest absolute Gasteiger partial charge is 0.480 e. The van der Waals surface area contributed by atoms with E-state index in [1.807, 2.05) is 6.07 Å². The van der Waals surface area contributed by atoms with Gasteiger partial charge in [-0.2, -0.15) is 0 Å². The first kappa shape index (κ1) is 24.5. The monoisotopic (exact) mass is 481 g/mol. The molecule has 2 aromatic heterocycles. The highest BCUT2D eigenvalue weighted by Crippen LogP contribution is 2.28. The van der Waals surface area contributed by atoms with Crippen molar-refractivity contribution >= 4 is 34.2 Å². The quantitative estimate of drug-likeness (QED) is 0.378. The Morgan fingerprint density at radius 3 is 2.71 bits per heavy atom. The van der Waals surface area contributed by atoms with Crippen LogP contribution in [0.15, 0.2) is 35.7 Å². The van der Waals surface area contributed by atoms with Gasteiger partial charge in [-0.25, -0.2) is 9.78 Å². The highest BCUT2D eigenvalue weighted by atomic mass is 32.1. The van der Waals surface area contributed by atoms with E-state index in [1.54, 1.807) is 23.5 Å². The van der Waals surface area contributed by atoms with Crippen molar-refractivity contribution in [1.29, 1.82) is 0 Å². The van der Waals surface area contributed by atoms with Crippen molar-refractivity contribution in [2.45, 2.75) is 77.8 Å². The summed E-state index contributed by atoms with van der Waals surface area (Å²) in [6.45, 7) is 5.31. The van der Waals surface area contributed by atoms with Crippen LogP contribution < -0.4 is 5.32 Å². The van der Waals surface area contributed by atoms with Crippen molar-refractivity contribution in [2.75, 3.05) is 0 Å². The highest BCUT2D eigenvalue weighted by Gasteiger charge is 2.26. The van der Waals surface area contributed by atoms with Crippen LogP contribution in [-0.4, -0.2) is 32.6 Å². The molecule has 2 N–H and O–H groups in total. The summed E-state index contributed by atoms with van der Waals surface area (Å²) in [5, 5.41) is 14.6. The second kappa shape index (κ2) is 11.2. The number of aromatic nitrogens is 2. The van der Waals surface area contributed by atoms with Gasteiger partial charge in [0.05, 0.1) is 11.0 Å². The number of carbonyl (C=O) groups is 2. The number of thiophene rings is 1. The molecular formula is C27H35N3O3S. The molecule has 182 valence electrons. The average Bonchev–Trinajstić information content (AvgIpc) is 3.47. The second-order valence-corrected chi connectivity index (χ2v) is 10.7. The maximum Gasteiger partial charge on any atom is 0.326 e. The van der Waals surface area contributed by atoms with Gasteiger partial charge in [0, 0.05) is 23.4 Å². The molecule has 0 bridgehead atoms. The van der Waals surface area contributed by atoms with Gasteiger partial charge in [0.1, 0.15) is 11.9 Å². The van der Waals surface area contributed by atoms with Gasteiger partial charge in [0.25, 0.3) is 5.91 Å². The molecule has 2 unspecified atom stereocenters. The molecule has 34 heavy (non-hydrogen) atoms. The number of carbonyl (C=O) groups excluding carboxylic acids is 1. The summed E-state index contributed by atoms with van der Waals surface area (Å²) in [5.41, 5.74) is 2.25. The number of carboxylic acid groups (broad SMARTS) is 1. The predicted molar refractivity (Wildman–Crippen MR) is 136 cm³/mol. The lowest BCUT2D eigenvalue weighted by atomic mass is 9.85. The third kappa shape index (κ3) is 5.87. The molecule has 1 aliphatic carbocycles. The maximum absolute atomic E-state index is 13.0. The summed E-state index contributed by atoms with van der Waals surface area (Å²) in [6, 6.07) is 8.86. The lowest BCUT2D eigenvalue weighted by molar-refractivity contribution is -0.139. The normalized spacial score (nSPS) is 16.4. The number of fused-ring (bicyclic) bond motifs is 1. The van der Waals surface area contributed by atoms with E-state index in [0.29, 0.717) is 23.8 Å². The molecule has 1 aliphatic rings. The van der Waals surface area contributed by atoms with Crippen LogP contribution in [0.1, 0.15) is 79.9 Å². The second-order valence-electron chi connectivity index (χ2n) is 9.72. The first-order chi connectivity index (χ1) is 16.4. The number of hydrogen-bond acceptors (Lipinski definition) is 4. The lowest BCUT2D eigenvalue weighted by Crippen LogP contribution is -2.42. The van der Waals surface area contributed by atoms with E-state index < -0.39 is 12.0 Å². The minimum absolute atomic E-state index is 0.346. The molecule has 1 amide bonds. The Kier molecular flexibility index (Phi) is 8.03. The first-order valence-electron chi connectivity index (χ1n) is 12.5. The third-order valence-corrected chi connectivity index (χ3v) is 7.97. The van der Waals surface area contributed by atoms with E-state index in [9.17, 15) is 14.7 Å². The fourth-order valence-electron chi connectivity index (χ4n) is 4.89. The Balaban J connectivity index is 1.56. The molecule has 6 nitrogen and oxygen atoms in total. The molecule has 0 radical (unpaired) electrons. The smallest absolute Gasteiger partial charge is 0.326 e. The zero-order valence-corrected chi connectivity index (χ0v) is 20.9. The van der Waals surface area contributed by atoms with Crippen LogP contribution >= 0.6 is 11.3 Å². The molecular weight excluding hydrogens is 446 g/mol. The van der Waals surface area contributed by atoms with Crippen LogP contribution in [0.2, 0.25) is 0 Å². The molecule has 0 aliphatic heterocycles. The summed E-state index contributed by atoms with van der Waals surface area (Å²) in [7, 11) is 0. The third-order valence-electron chi connectivity index (χ3n) is 7.09. The van der Waals surface area contributed by atoms with Crippen LogP contribution in [0, 0.1) is 11.8 Å². The van der Waals surface area contributed by atoms with E-state index in [1.165, 1.54) is 11.3 Å². The number of carboxylic acids is 1. The van der Waals surface area contributed by atoms with Gasteiger partial charge in [-0.3, -0.25) is 4.79 Å². The number of amides is 1. The Hall–Kier alpha value is -2.67. The zero-order valence-electron chi connectivity index (χ0n) is 20.1. The Labute approximate surface area is 205 Å². The van der Waals surface area contributed by atoms with E-state index in [-0.39, 0.29) is 5.91 Å². The standard InChI is InChI=1S/C27H35N3O3S/c1-3-18(2)17-30-24-12-11-20(15-22(24)28-25(30)16-21-10-7-13-34-21)26(31)29-23(27(32)33)14-19-8-5-4-6-9-19/h7,10-13,15,18-19,23H,3-6,8-9,14,16-17H2,1-2H3,(H,29,31)(H,32,33). The molecule has 1 saturated carbocycles.